The summed E-state index contributed by atoms with van der Waals surface area (Å²) in [4.78, 5) is 14.0. The second-order valence-electron chi connectivity index (χ2n) is 4.46. The van der Waals surface area contributed by atoms with Crippen LogP contribution in [0.15, 0.2) is 18.2 Å². The molecule has 4 nitrogen and oxygen atoms in total. The molecule has 0 radical (unpaired) electrons. The lowest BCUT2D eigenvalue weighted by molar-refractivity contribution is 0.0709. The molecule has 0 bridgehead atoms. The van der Waals surface area contributed by atoms with Crippen LogP contribution in [0.5, 0.6) is 0 Å². The minimum absolute atomic E-state index is 0.0152. The Hall–Kier alpha value is -1.83. The van der Waals surface area contributed by atoms with Gasteiger partial charge in [-0.3, -0.25) is 4.79 Å². The second-order valence-corrected chi connectivity index (χ2v) is 4.46. The molecule has 1 aromatic rings. The molecule has 0 saturated heterocycles. The number of likely N-dealkylation sites (N-methyl/N-ethyl adjacent to an activating group) is 1. The van der Waals surface area contributed by atoms with Crippen LogP contribution >= 0.6 is 0 Å². The van der Waals surface area contributed by atoms with Crippen molar-refractivity contribution in [1.82, 2.24) is 4.90 Å². The number of rotatable bonds is 5. The normalized spacial score (nSPS) is 9.80. The number of carbonyl (C=O) groups excluding carboxylic acids is 1. The highest BCUT2D eigenvalue weighted by molar-refractivity contribution is 5.95. The number of benzene rings is 1. The number of amides is 1. The van der Waals surface area contributed by atoms with Crippen LogP contribution in [0.25, 0.3) is 0 Å². The third kappa shape index (κ3) is 4.69. The maximum atomic E-state index is 12.4. The van der Waals surface area contributed by atoms with Gasteiger partial charge >= 0.3 is 0 Å². The van der Waals surface area contributed by atoms with Crippen molar-refractivity contribution in [2.24, 2.45) is 5.73 Å². The van der Waals surface area contributed by atoms with Gasteiger partial charge in [-0.2, -0.15) is 0 Å². The van der Waals surface area contributed by atoms with Crippen LogP contribution in [-0.2, 0) is 4.74 Å². The highest BCUT2D eigenvalue weighted by Crippen LogP contribution is 2.13. The number of ether oxygens (including phenoxy) is 1. The van der Waals surface area contributed by atoms with Gasteiger partial charge in [-0.05, 0) is 31.5 Å². The van der Waals surface area contributed by atoms with Crippen LogP contribution in [0.1, 0.15) is 28.4 Å². The predicted molar refractivity (Wildman–Crippen MR) is 80.6 cm³/mol. The molecular weight excluding hydrogens is 252 g/mol. The molecule has 0 saturated carbocycles. The summed E-state index contributed by atoms with van der Waals surface area (Å²) >= 11 is 0. The van der Waals surface area contributed by atoms with E-state index in [2.05, 4.69) is 11.8 Å². The summed E-state index contributed by atoms with van der Waals surface area (Å²) in [6.07, 6.45) is 0. The minimum atomic E-state index is -0.0152. The lowest BCUT2D eigenvalue weighted by Crippen LogP contribution is -2.30. The summed E-state index contributed by atoms with van der Waals surface area (Å²) in [5, 5.41) is 0. The fourth-order valence-corrected chi connectivity index (χ4v) is 1.74. The van der Waals surface area contributed by atoms with Crippen LogP contribution in [0.4, 0.5) is 0 Å². The number of carbonyl (C=O) groups is 1. The zero-order valence-corrected chi connectivity index (χ0v) is 12.4. The fraction of sp³-hybridized carbons (Fsp3) is 0.438. The van der Waals surface area contributed by atoms with Crippen molar-refractivity contribution >= 4 is 5.91 Å². The average molecular weight is 274 g/mol. The number of hydrogen-bond donors (Lipinski definition) is 1. The lowest BCUT2D eigenvalue weighted by atomic mass is 10.0. The minimum Gasteiger partial charge on any atom is -0.380 e. The van der Waals surface area contributed by atoms with Gasteiger partial charge < -0.3 is 15.4 Å². The molecule has 0 heterocycles. The molecule has 2 N–H and O–H groups in total. The van der Waals surface area contributed by atoms with E-state index in [-0.39, 0.29) is 5.91 Å². The summed E-state index contributed by atoms with van der Waals surface area (Å²) in [5.41, 5.74) is 7.78. The van der Waals surface area contributed by atoms with Gasteiger partial charge in [0.1, 0.15) is 0 Å². The Morgan fingerprint density at radius 3 is 2.85 bits per heavy atom. The Balaban J connectivity index is 2.85. The van der Waals surface area contributed by atoms with Gasteiger partial charge in [0.2, 0.25) is 0 Å². The van der Waals surface area contributed by atoms with E-state index in [1.165, 1.54) is 0 Å². The van der Waals surface area contributed by atoms with E-state index in [1.807, 2.05) is 32.0 Å². The Bertz CT molecular complexity index is 515. The Morgan fingerprint density at radius 2 is 2.20 bits per heavy atom. The van der Waals surface area contributed by atoms with Gasteiger partial charge in [0.15, 0.2) is 0 Å². The molecule has 0 spiro atoms. The summed E-state index contributed by atoms with van der Waals surface area (Å²) < 4.78 is 5.27. The van der Waals surface area contributed by atoms with Gasteiger partial charge in [-0.15, -0.1) is 0 Å². The third-order valence-corrected chi connectivity index (χ3v) is 2.92. The first-order valence-electron chi connectivity index (χ1n) is 6.73. The highest BCUT2D eigenvalue weighted by Gasteiger charge is 2.14. The molecule has 0 aromatic heterocycles. The molecule has 4 heteroatoms. The zero-order valence-electron chi connectivity index (χ0n) is 12.4. The van der Waals surface area contributed by atoms with Crippen molar-refractivity contribution in [3.8, 4) is 11.8 Å². The first kappa shape index (κ1) is 16.2. The largest absolute Gasteiger partial charge is 0.380 e. The predicted octanol–water partition coefficient (Wildman–Crippen LogP) is 1.41. The lowest BCUT2D eigenvalue weighted by Gasteiger charge is -2.18. The summed E-state index contributed by atoms with van der Waals surface area (Å²) in [5.74, 6) is 5.73. The molecule has 1 amide bonds. The zero-order chi connectivity index (χ0) is 15.0. The van der Waals surface area contributed by atoms with Gasteiger partial charge in [0.25, 0.3) is 5.91 Å². The number of nitrogens with two attached hydrogens (primary N) is 1. The quantitative estimate of drug-likeness (QED) is 0.652. The molecule has 0 unspecified atom stereocenters. The van der Waals surface area contributed by atoms with Crippen LogP contribution in [0.2, 0.25) is 0 Å². The number of aryl methyl sites for hydroxylation is 1. The first-order chi connectivity index (χ1) is 9.60. The van der Waals surface area contributed by atoms with Crippen LogP contribution < -0.4 is 5.73 Å². The standard InChI is InChI=1S/C16H22N2O2/c1-4-20-11-10-18(3)16(19)15-12-14(6-5-9-17)8-7-13(15)2/h7-8,12H,4,9-11,17H2,1-3H3. The van der Waals surface area contributed by atoms with E-state index < -0.39 is 0 Å². The van der Waals surface area contributed by atoms with Crippen molar-refractivity contribution < 1.29 is 9.53 Å². The SMILES string of the molecule is CCOCCN(C)C(=O)c1cc(C#CCN)ccc1C. The fourth-order valence-electron chi connectivity index (χ4n) is 1.74. The first-order valence-corrected chi connectivity index (χ1v) is 6.73. The third-order valence-electron chi connectivity index (χ3n) is 2.92. The molecule has 0 aliphatic carbocycles. The van der Waals surface area contributed by atoms with E-state index in [0.717, 1.165) is 11.1 Å². The van der Waals surface area contributed by atoms with E-state index in [1.54, 1.807) is 11.9 Å². The maximum Gasteiger partial charge on any atom is 0.253 e. The van der Waals surface area contributed by atoms with Crippen LogP contribution in [0.3, 0.4) is 0 Å². The topological polar surface area (TPSA) is 55.6 Å². The molecule has 0 atom stereocenters. The molecule has 0 fully saturated rings. The molecule has 1 aromatic carbocycles. The van der Waals surface area contributed by atoms with E-state index in [0.29, 0.717) is 31.9 Å². The van der Waals surface area contributed by atoms with Crippen molar-refractivity contribution in [1.29, 1.82) is 0 Å². The van der Waals surface area contributed by atoms with Gasteiger partial charge in [0.05, 0.1) is 13.2 Å². The maximum absolute atomic E-state index is 12.4. The van der Waals surface area contributed by atoms with Gasteiger partial charge in [-0.25, -0.2) is 0 Å². The summed E-state index contributed by atoms with van der Waals surface area (Å²) in [6.45, 7) is 5.95. The molecular formula is C16H22N2O2. The van der Waals surface area contributed by atoms with E-state index >= 15 is 0 Å². The molecule has 1 rings (SSSR count). The van der Waals surface area contributed by atoms with E-state index in [4.69, 9.17) is 10.5 Å². The van der Waals surface area contributed by atoms with Gasteiger partial charge in [0, 0.05) is 31.3 Å². The highest BCUT2D eigenvalue weighted by atomic mass is 16.5. The molecule has 0 aliphatic rings. The monoisotopic (exact) mass is 274 g/mol. The Labute approximate surface area is 120 Å². The smallest absolute Gasteiger partial charge is 0.253 e. The second kappa shape index (κ2) is 8.36. The summed E-state index contributed by atoms with van der Waals surface area (Å²) in [7, 11) is 1.78. The Kier molecular flexibility index (Phi) is 6.78. The van der Waals surface area contributed by atoms with Crippen molar-refractivity contribution in [2.75, 3.05) is 33.4 Å². The number of hydrogen-bond acceptors (Lipinski definition) is 3. The van der Waals surface area contributed by atoms with Crippen LogP contribution in [-0.4, -0.2) is 44.2 Å². The number of nitrogens with zero attached hydrogens (tertiary/aromatic N) is 1. The van der Waals surface area contributed by atoms with Crippen molar-refractivity contribution in [3.63, 3.8) is 0 Å². The molecule has 20 heavy (non-hydrogen) atoms. The Morgan fingerprint density at radius 1 is 1.45 bits per heavy atom. The molecule has 0 aliphatic heterocycles. The van der Waals surface area contributed by atoms with Crippen LogP contribution in [0, 0.1) is 18.8 Å². The summed E-state index contributed by atoms with van der Waals surface area (Å²) in [6, 6.07) is 5.62. The van der Waals surface area contributed by atoms with Gasteiger partial charge in [-0.1, -0.05) is 17.9 Å². The average Bonchev–Trinajstić information content (AvgIpc) is 2.45. The van der Waals surface area contributed by atoms with Crippen molar-refractivity contribution in [2.45, 2.75) is 13.8 Å². The van der Waals surface area contributed by atoms with E-state index in [9.17, 15) is 4.79 Å². The van der Waals surface area contributed by atoms with Crippen molar-refractivity contribution in [3.05, 3.63) is 34.9 Å². The molecule has 108 valence electrons.